The zero-order valence-electron chi connectivity index (χ0n) is 16.9. The van der Waals surface area contributed by atoms with Crippen molar-refractivity contribution in [3.05, 3.63) is 59.5 Å². The van der Waals surface area contributed by atoms with Crippen molar-refractivity contribution in [2.45, 2.75) is 11.8 Å². The molecule has 0 saturated heterocycles. The van der Waals surface area contributed by atoms with Crippen molar-refractivity contribution in [3.8, 4) is 33.7 Å². The van der Waals surface area contributed by atoms with E-state index in [1.54, 1.807) is 25.1 Å². The van der Waals surface area contributed by atoms with E-state index in [-0.39, 0.29) is 10.8 Å². The molecule has 2 heterocycles. The summed E-state index contributed by atoms with van der Waals surface area (Å²) < 4.78 is 44.4. The maximum absolute atomic E-state index is 13.0. The smallest absolute Gasteiger partial charge is 0.268 e. The molecule has 10 heteroatoms. The van der Waals surface area contributed by atoms with Crippen LogP contribution in [-0.4, -0.2) is 32.8 Å². The van der Waals surface area contributed by atoms with Gasteiger partial charge >= 0.3 is 0 Å². The predicted molar refractivity (Wildman–Crippen MR) is 118 cm³/mol. The van der Waals surface area contributed by atoms with E-state index in [4.69, 9.17) is 14.0 Å². The molecule has 4 rings (SSSR count). The lowest BCUT2D eigenvalue weighted by Gasteiger charge is -2.11. The Hall–Kier alpha value is -3.37. The highest BCUT2D eigenvalue weighted by Crippen LogP contribution is 2.35. The van der Waals surface area contributed by atoms with Crippen molar-refractivity contribution in [1.29, 1.82) is 0 Å². The first-order chi connectivity index (χ1) is 14.9. The number of aryl methyl sites for hydroxylation is 1. The fraction of sp³-hybridized carbons (Fsp3) is 0.143. The van der Waals surface area contributed by atoms with Gasteiger partial charge in [-0.05, 0) is 13.0 Å². The fourth-order valence-electron chi connectivity index (χ4n) is 2.94. The van der Waals surface area contributed by atoms with Crippen molar-refractivity contribution in [1.82, 2.24) is 10.1 Å². The molecule has 31 heavy (non-hydrogen) atoms. The molecule has 0 amide bonds. The predicted octanol–water partition coefficient (Wildman–Crippen LogP) is 4.59. The van der Waals surface area contributed by atoms with Crippen LogP contribution in [0.3, 0.4) is 0 Å². The molecule has 0 unspecified atom stereocenters. The number of hydrogen-bond donors (Lipinski definition) is 1. The summed E-state index contributed by atoms with van der Waals surface area (Å²) in [6, 6.07) is 15.7. The van der Waals surface area contributed by atoms with Crippen LogP contribution < -0.4 is 14.2 Å². The van der Waals surface area contributed by atoms with Gasteiger partial charge in [-0.15, -0.1) is 11.3 Å². The number of nitrogens with one attached hydrogen (secondary N) is 1. The van der Waals surface area contributed by atoms with Crippen LogP contribution in [0.2, 0.25) is 0 Å². The van der Waals surface area contributed by atoms with E-state index in [9.17, 15) is 8.42 Å². The van der Waals surface area contributed by atoms with Crippen molar-refractivity contribution >= 4 is 27.0 Å². The van der Waals surface area contributed by atoms with E-state index in [1.165, 1.54) is 31.6 Å². The number of thiophene rings is 1. The Bertz CT molecular complexity index is 1290. The lowest BCUT2D eigenvalue weighted by atomic mass is 10.2. The molecule has 160 valence electrons. The van der Waals surface area contributed by atoms with Gasteiger partial charge in [0.1, 0.15) is 16.4 Å². The summed E-state index contributed by atoms with van der Waals surface area (Å²) in [7, 11) is -0.874. The van der Waals surface area contributed by atoms with Crippen LogP contribution >= 0.6 is 11.3 Å². The maximum Gasteiger partial charge on any atom is 0.268 e. The zero-order valence-corrected chi connectivity index (χ0v) is 18.6. The van der Waals surface area contributed by atoms with E-state index in [1.807, 2.05) is 30.3 Å². The molecule has 2 aromatic heterocycles. The number of ether oxygens (including phenoxy) is 2. The monoisotopic (exact) mass is 457 g/mol. The highest BCUT2D eigenvalue weighted by atomic mass is 32.2. The number of sulfonamides is 1. The third kappa shape index (κ3) is 4.39. The molecule has 0 radical (unpaired) electrons. The summed E-state index contributed by atoms with van der Waals surface area (Å²) in [5, 5.41) is 4.00. The first-order valence-electron chi connectivity index (χ1n) is 9.15. The third-order valence-corrected chi connectivity index (χ3v) is 7.11. The van der Waals surface area contributed by atoms with E-state index in [2.05, 4.69) is 14.9 Å². The van der Waals surface area contributed by atoms with Crippen molar-refractivity contribution < 1.29 is 22.4 Å². The zero-order chi connectivity index (χ0) is 22.0. The van der Waals surface area contributed by atoms with Gasteiger partial charge in [0.25, 0.3) is 15.9 Å². The summed E-state index contributed by atoms with van der Waals surface area (Å²) in [6.45, 7) is 1.73. The highest BCUT2D eigenvalue weighted by molar-refractivity contribution is 7.93. The molecule has 0 spiro atoms. The molecular formula is C21H19N3O5S2. The summed E-state index contributed by atoms with van der Waals surface area (Å²) in [4.78, 5) is 5.69. The molecule has 1 N–H and O–H groups in total. The molecule has 0 fully saturated rings. The van der Waals surface area contributed by atoms with Crippen LogP contribution in [0, 0.1) is 6.92 Å². The van der Waals surface area contributed by atoms with Gasteiger partial charge in [-0.1, -0.05) is 35.5 Å². The molecule has 0 aliphatic heterocycles. The van der Waals surface area contributed by atoms with Crippen molar-refractivity contribution in [2.75, 3.05) is 18.9 Å². The molecule has 8 nitrogen and oxygen atoms in total. The maximum atomic E-state index is 13.0. The largest absolute Gasteiger partial charge is 0.497 e. The molecule has 0 saturated carbocycles. The fourth-order valence-corrected chi connectivity index (χ4v) is 5.50. The second-order valence-corrected chi connectivity index (χ2v) is 9.43. The Morgan fingerprint density at radius 1 is 1.00 bits per heavy atom. The van der Waals surface area contributed by atoms with E-state index >= 15 is 0 Å². The van der Waals surface area contributed by atoms with Gasteiger partial charge in [0, 0.05) is 28.6 Å². The van der Waals surface area contributed by atoms with Gasteiger partial charge in [-0.25, -0.2) is 8.42 Å². The second kappa shape index (κ2) is 8.40. The number of anilines is 1. The first-order valence-corrected chi connectivity index (χ1v) is 11.5. The number of hydrogen-bond acceptors (Lipinski definition) is 8. The Kier molecular flexibility index (Phi) is 5.66. The quantitative estimate of drug-likeness (QED) is 0.433. The molecule has 4 aromatic rings. The van der Waals surface area contributed by atoms with E-state index in [0.717, 1.165) is 5.56 Å². The number of methoxy groups -OCH3 is 2. The lowest BCUT2D eigenvalue weighted by molar-refractivity contribution is 0.395. The average Bonchev–Trinajstić information content (AvgIpc) is 3.41. The van der Waals surface area contributed by atoms with Crippen LogP contribution in [-0.2, 0) is 10.0 Å². The van der Waals surface area contributed by atoms with Gasteiger partial charge in [0.15, 0.2) is 0 Å². The van der Waals surface area contributed by atoms with Gasteiger partial charge in [-0.2, -0.15) is 4.98 Å². The van der Waals surface area contributed by atoms with E-state index < -0.39 is 10.0 Å². The lowest BCUT2D eigenvalue weighted by Crippen LogP contribution is -2.13. The minimum atomic E-state index is -3.87. The number of aromatic nitrogens is 2. The molecule has 2 aromatic carbocycles. The average molecular weight is 458 g/mol. The van der Waals surface area contributed by atoms with Crippen molar-refractivity contribution in [3.63, 3.8) is 0 Å². The number of nitrogens with zero attached hydrogens (tertiary/aromatic N) is 2. The van der Waals surface area contributed by atoms with Gasteiger partial charge in [-0.3, -0.25) is 4.72 Å². The summed E-state index contributed by atoms with van der Waals surface area (Å²) in [6.07, 6.45) is 0. The summed E-state index contributed by atoms with van der Waals surface area (Å²) in [5.41, 5.74) is 1.14. The topological polar surface area (TPSA) is 104 Å². The Morgan fingerprint density at radius 3 is 2.32 bits per heavy atom. The normalized spacial score (nSPS) is 11.3. The number of rotatable bonds is 7. The van der Waals surface area contributed by atoms with Crippen LogP contribution in [0.15, 0.2) is 64.0 Å². The molecular weight excluding hydrogens is 438 g/mol. The van der Waals surface area contributed by atoms with Gasteiger partial charge < -0.3 is 14.0 Å². The van der Waals surface area contributed by atoms with Gasteiger partial charge in [0.05, 0.1) is 24.8 Å². The van der Waals surface area contributed by atoms with Gasteiger partial charge in [0.2, 0.25) is 5.82 Å². The molecule has 0 aliphatic carbocycles. The molecule has 0 atom stereocenters. The first kappa shape index (κ1) is 20.9. The Labute approximate surface area is 183 Å². The summed E-state index contributed by atoms with van der Waals surface area (Å²) in [5.74, 6) is 1.64. The molecule has 0 bridgehead atoms. The third-order valence-electron chi connectivity index (χ3n) is 4.43. The number of benzene rings is 2. The highest BCUT2D eigenvalue weighted by Gasteiger charge is 2.23. The summed E-state index contributed by atoms with van der Waals surface area (Å²) >= 11 is 1.26. The van der Waals surface area contributed by atoms with E-state index in [0.29, 0.717) is 32.8 Å². The van der Waals surface area contributed by atoms with Crippen LogP contribution in [0.25, 0.3) is 22.2 Å². The second-order valence-electron chi connectivity index (χ2n) is 6.53. The van der Waals surface area contributed by atoms with Crippen LogP contribution in [0.4, 0.5) is 5.69 Å². The Morgan fingerprint density at radius 2 is 1.68 bits per heavy atom. The standard InChI is InChI=1S/C21H19N3O5S2/c1-13-19(31(25,26)24-15-9-16(27-2)11-17(10-15)28-3)12-18(30-13)21-22-20(23-29-21)14-7-5-4-6-8-14/h4-12,24H,1-3H3. The minimum Gasteiger partial charge on any atom is -0.497 e. The van der Waals surface area contributed by atoms with Crippen molar-refractivity contribution in [2.24, 2.45) is 0 Å². The van der Waals surface area contributed by atoms with Crippen LogP contribution in [0.5, 0.6) is 11.5 Å². The SMILES string of the molecule is COc1cc(NS(=O)(=O)c2cc(-c3nc(-c4ccccc4)no3)sc2C)cc(OC)c1. The van der Waals surface area contributed by atoms with Crippen LogP contribution in [0.1, 0.15) is 4.88 Å². The minimum absolute atomic E-state index is 0.133. The molecule has 0 aliphatic rings. The Balaban J connectivity index is 1.64.